The zero-order valence-electron chi connectivity index (χ0n) is 12.8. The monoisotopic (exact) mass is 301 g/mol. The first-order valence-electron chi connectivity index (χ1n) is 7.20. The average Bonchev–Trinajstić information content (AvgIpc) is 2.51. The fraction of sp³-hybridized carbons (Fsp3) is 0.353. The van der Waals surface area contributed by atoms with Gasteiger partial charge in [-0.3, -0.25) is 4.79 Å². The molecule has 0 saturated carbocycles. The van der Waals surface area contributed by atoms with Crippen LogP contribution >= 0.6 is 0 Å². The van der Waals surface area contributed by atoms with E-state index >= 15 is 0 Å². The number of carbonyl (C=O) groups is 2. The number of nitrogens with zero attached hydrogens (tertiary/aromatic N) is 1. The van der Waals surface area contributed by atoms with E-state index in [1.165, 1.54) is 6.08 Å². The van der Waals surface area contributed by atoms with E-state index in [4.69, 9.17) is 14.7 Å². The predicted molar refractivity (Wildman–Crippen MR) is 81.8 cm³/mol. The summed E-state index contributed by atoms with van der Waals surface area (Å²) in [5, 5.41) is 8.99. The van der Waals surface area contributed by atoms with E-state index in [-0.39, 0.29) is 18.1 Å². The van der Waals surface area contributed by atoms with Gasteiger partial charge in [0.15, 0.2) is 0 Å². The Bertz CT molecular complexity index is 599. The molecule has 0 saturated heterocycles. The standard InChI is InChI=1S/C17H19NO4/c1-3-5-9-16(19)22-15-8-6-7-13(11-15)10-14(12-18)17(20)21-4-2/h6-8,10-11H,3-5,9H2,1-2H3/b14-10+. The summed E-state index contributed by atoms with van der Waals surface area (Å²) in [4.78, 5) is 23.2. The molecule has 5 nitrogen and oxygen atoms in total. The molecule has 5 heteroatoms. The highest BCUT2D eigenvalue weighted by Crippen LogP contribution is 2.17. The molecule has 0 heterocycles. The maximum absolute atomic E-state index is 11.6. The lowest BCUT2D eigenvalue weighted by molar-refractivity contribution is -0.138. The highest BCUT2D eigenvalue weighted by Gasteiger charge is 2.10. The Morgan fingerprint density at radius 3 is 2.73 bits per heavy atom. The van der Waals surface area contributed by atoms with Crippen LogP contribution in [-0.2, 0) is 14.3 Å². The summed E-state index contributed by atoms with van der Waals surface area (Å²) in [6.07, 6.45) is 3.47. The van der Waals surface area contributed by atoms with Crippen LogP contribution in [0.5, 0.6) is 5.75 Å². The van der Waals surface area contributed by atoms with Crippen LogP contribution in [0.1, 0.15) is 38.7 Å². The van der Waals surface area contributed by atoms with Crippen molar-refractivity contribution in [2.45, 2.75) is 33.1 Å². The van der Waals surface area contributed by atoms with E-state index in [0.717, 1.165) is 12.8 Å². The van der Waals surface area contributed by atoms with Crippen molar-refractivity contribution in [3.63, 3.8) is 0 Å². The lowest BCUT2D eigenvalue weighted by atomic mass is 10.1. The largest absolute Gasteiger partial charge is 0.462 e. The minimum atomic E-state index is -0.671. The van der Waals surface area contributed by atoms with Crippen LogP contribution in [0.3, 0.4) is 0 Å². The van der Waals surface area contributed by atoms with Crippen molar-refractivity contribution >= 4 is 18.0 Å². The molecule has 0 fully saturated rings. The molecule has 22 heavy (non-hydrogen) atoms. The SMILES string of the molecule is CCCCC(=O)Oc1cccc(/C=C(\C#N)C(=O)OCC)c1. The van der Waals surface area contributed by atoms with Crippen molar-refractivity contribution in [1.29, 1.82) is 5.26 Å². The first kappa shape index (κ1) is 17.4. The highest BCUT2D eigenvalue weighted by atomic mass is 16.5. The Morgan fingerprint density at radius 2 is 2.09 bits per heavy atom. The smallest absolute Gasteiger partial charge is 0.348 e. The van der Waals surface area contributed by atoms with Crippen LogP contribution in [0.15, 0.2) is 29.8 Å². The van der Waals surface area contributed by atoms with Gasteiger partial charge < -0.3 is 9.47 Å². The van der Waals surface area contributed by atoms with Gasteiger partial charge in [-0.05, 0) is 37.1 Å². The van der Waals surface area contributed by atoms with Crippen LogP contribution in [0.4, 0.5) is 0 Å². The van der Waals surface area contributed by atoms with E-state index in [2.05, 4.69) is 0 Å². The number of rotatable bonds is 7. The third-order valence-corrected chi connectivity index (χ3v) is 2.75. The van der Waals surface area contributed by atoms with Crippen LogP contribution in [0.2, 0.25) is 0 Å². The molecule has 0 aliphatic carbocycles. The quantitative estimate of drug-likeness (QED) is 0.334. The van der Waals surface area contributed by atoms with Crippen molar-refractivity contribution in [1.82, 2.24) is 0 Å². The molecule has 0 spiro atoms. The zero-order chi connectivity index (χ0) is 16.4. The summed E-state index contributed by atoms with van der Waals surface area (Å²) in [5.74, 6) is -0.583. The molecule has 0 unspecified atom stereocenters. The molecule has 0 atom stereocenters. The van der Waals surface area contributed by atoms with Gasteiger partial charge in [0.05, 0.1) is 6.61 Å². The summed E-state index contributed by atoms with van der Waals surface area (Å²) < 4.78 is 10.0. The number of unbranched alkanes of at least 4 members (excludes halogenated alkanes) is 1. The lowest BCUT2D eigenvalue weighted by Gasteiger charge is -2.05. The van der Waals surface area contributed by atoms with Gasteiger partial charge in [0.25, 0.3) is 0 Å². The number of esters is 2. The van der Waals surface area contributed by atoms with E-state index in [1.807, 2.05) is 6.92 Å². The molecular formula is C17H19NO4. The second-order valence-corrected chi connectivity index (χ2v) is 4.54. The van der Waals surface area contributed by atoms with Crippen molar-refractivity contribution in [2.75, 3.05) is 6.61 Å². The zero-order valence-corrected chi connectivity index (χ0v) is 12.8. The van der Waals surface area contributed by atoms with Crippen molar-refractivity contribution < 1.29 is 19.1 Å². The topological polar surface area (TPSA) is 76.4 Å². The third-order valence-electron chi connectivity index (χ3n) is 2.75. The Labute approximate surface area is 130 Å². The lowest BCUT2D eigenvalue weighted by Crippen LogP contribution is -2.07. The minimum Gasteiger partial charge on any atom is -0.462 e. The van der Waals surface area contributed by atoms with Gasteiger partial charge in [0.1, 0.15) is 17.4 Å². The molecule has 116 valence electrons. The third kappa shape index (κ3) is 5.80. The second kappa shape index (κ2) is 9.35. The van der Waals surface area contributed by atoms with Crippen LogP contribution in [0, 0.1) is 11.3 Å². The summed E-state index contributed by atoms with van der Waals surface area (Å²) >= 11 is 0. The summed E-state index contributed by atoms with van der Waals surface area (Å²) in [6.45, 7) is 3.87. The molecule has 0 bridgehead atoms. The average molecular weight is 301 g/mol. The highest BCUT2D eigenvalue weighted by molar-refractivity contribution is 5.97. The number of benzene rings is 1. The van der Waals surface area contributed by atoms with Gasteiger partial charge in [0, 0.05) is 6.42 Å². The summed E-state index contributed by atoms with van der Waals surface area (Å²) in [6, 6.07) is 8.45. The first-order chi connectivity index (χ1) is 10.6. The van der Waals surface area contributed by atoms with E-state index in [9.17, 15) is 9.59 Å². The predicted octanol–water partition coefficient (Wildman–Crippen LogP) is 3.25. The Balaban J connectivity index is 2.85. The van der Waals surface area contributed by atoms with Gasteiger partial charge in [-0.25, -0.2) is 4.79 Å². The Kier molecular flexibility index (Phi) is 7.41. The molecule has 1 rings (SSSR count). The number of hydrogen-bond donors (Lipinski definition) is 0. The maximum Gasteiger partial charge on any atom is 0.348 e. The number of nitriles is 1. The van der Waals surface area contributed by atoms with E-state index < -0.39 is 5.97 Å². The van der Waals surface area contributed by atoms with Gasteiger partial charge in [0.2, 0.25) is 0 Å². The fourth-order valence-electron chi connectivity index (χ4n) is 1.68. The molecule has 0 amide bonds. The Morgan fingerprint density at radius 1 is 1.32 bits per heavy atom. The molecule has 0 aromatic heterocycles. The molecular weight excluding hydrogens is 282 g/mol. The normalized spacial score (nSPS) is 10.7. The van der Waals surface area contributed by atoms with Crippen molar-refractivity contribution in [2.24, 2.45) is 0 Å². The second-order valence-electron chi connectivity index (χ2n) is 4.54. The van der Waals surface area contributed by atoms with Crippen LogP contribution in [0.25, 0.3) is 6.08 Å². The summed E-state index contributed by atoms with van der Waals surface area (Å²) in [5.41, 5.74) is 0.488. The minimum absolute atomic E-state index is 0.101. The number of hydrogen-bond acceptors (Lipinski definition) is 5. The van der Waals surface area contributed by atoms with Crippen molar-refractivity contribution in [3.8, 4) is 11.8 Å². The van der Waals surface area contributed by atoms with Gasteiger partial charge in [-0.2, -0.15) is 5.26 Å². The number of carbonyl (C=O) groups excluding carboxylic acids is 2. The van der Waals surface area contributed by atoms with Gasteiger partial charge >= 0.3 is 11.9 Å². The molecule has 0 aliphatic heterocycles. The van der Waals surface area contributed by atoms with Crippen LogP contribution < -0.4 is 4.74 Å². The van der Waals surface area contributed by atoms with E-state index in [1.54, 1.807) is 37.3 Å². The first-order valence-corrected chi connectivity index (χ1v) is 7.20. The number of ether oxygens (including phenoxy) is 2. The van der Waals surface area contributed by atoms with Crippen LogP contribution in [-0.4, -0.2) is 18.5 Å². The molecule has 0 radical (unpaired) electrons. The maximum atomic E-state index is 11.6. The Hall–Kier alpha value is -2.61. The van der Waals surface area contributed by atoms with Gasteiger partial charge in [-0.15, -0.1) is 0 Å². The summed E-state index contributed by atoms with van der Waals surface area (Å²) in [7, 11) is 0. The molecule has 1 aromatic carbocycles. The molecule has 1 aromatic rings. The fourth-order valence-corrected chi connectivity index (χ4v) is 1.68. The van der Waals surface area contributed by atoms with Crippen molar-refractivity contribution in [3.05, 3.63) is 35.4 Å². The molecule has 0 N–H and O–H groups in total. The molecule has 0 aliphatic rings. The van der Waals surface area contributed by atoms with Gasteiger partial charge in [-0.1, -0.05) is 25.5 Å². The van der Waals surface area contributed by atoms with E-state index in [0.29, 0.717) is 17.7 Å².